The minimum Gasteiger partial charge on any atom is -0.239 e. The molecule has 2 heteroatoms. The molecule has 0 N–H and O–H groups in total. The molecule has 2 aromatic carbocycles. The lowest BCUT2D eigenvalue weighted by atomic mass is 10.0. The summed E-state index contributed by atoms with van der Waals surface area (Å²) in [5, 5.41) is 3.02. The van der Waals surface area contributed by atoms with Gasteiger partial charge in [-0.25, -0.2) is 4.98 Å². The van der Waals surface area contributed by atoms with Gasteiger partial charge in [-0.15, -0.1) is 0 Å². The first-order chi connectivity index (χ1) is 10.8. The van der Waals surface area contributed by atoms with E-state index in [-0.39, 0.29) is 0 Å². The van der Waals surface area contributed by atoms with Crippen LogP contribution in [0.5, 0.6) is 0 Å². The molecular weight excluding hydrogens is 290 g/mol. The first kappa shape index (κ1) is 13.4. The molecule has 1 saturated carbocycles. The van der Waals surface area contributed by atoms with Gasteiger partial charge in [-0.2, -0.15) is 0 Å². The van der Waals surface area contributed by atoms with E-state index in [0.29, 0.717) is 5.92 Å². The molecule has 3 aromatic rings. The van der Waals surface area contributed by atoms with E-state index in [2.05, 4.69) is 30.0 Å². The van der Waals surface area contributed by atoms with Crippen LogP contribution in [0.2, 0.25) is 5.02 Å². The smallest absolute Gasteiger partial charge is 0.121 e. The normalized spacial score (nSPS) is 13.7. The van der Waals surface area contributed by atoms with Gasteiger partial charge in [-0.05, 0) is 42.3 Å². The third-order valence-electron chi connectivity index (χ3n) is 3.85. The molecule has 0 saturated heterocycles. The van der Waals surface area contributed by atoms with Crippen molar-refractivity contribution in [1.29, 1.82) is 0 Å². The van der Waals surface area contributed by atoms with Crippen molar-refractivity contribution >= 4 is 22.4 Å². The molecular formula is C20H14ClN. The van der Waals surface area contributed by atoms with Crippen LogP contribution in [0.3, 0.4) is 0 Å². The molecule has 1 aliphatic carbocycles. The van der Waals surface area contributed by atoms with Crippen LogP contribution < -0.4 is 0 Å². The predicted molar refractivity (Wildman–Crippen MR) is 91.8 cm³/mol. The topological polar surface area (TPSA) is 12.9 Å². The predicted octanol–water partition coefficient (Wildman–Crippen LogP) is 5.32. The van der Waals surface area contributed by atoms with E-state index >= 15 is 0 Å². The SMILES string of the molecule is Clc1ccc(-c2cc3ccccc3c(C#CC3CC3)n2)cc1. The summed E-state index contributed by atoms with van der Waals surface area (Å²) < 4.78 is 0. The number of nitrogens with zero attached hydrogens (tertiary/aromatic N) is 1. The van der Waals surface area contributed by atoms with E-state index in [1.165, 1.54) is 18.2 Å². The zero-order valence-corrected chi connectivity index (χ0v) is 12.8. The van der Waals surface area contributed by atoms with Gasteiger partial charge in [0.25, 0.3) is 0 Å². The highest BCUT2D eigenvalue weighted by Crippen LogP contribution is 2.29. The van der Waals surface area contributed by atoms with Crippen LogP contribution in [-0.4, -0.2) is 4.98 Å². The van der Waals surface area contributed by atoms with E-state index in [9.17, 15) is 0 Å². The van der Waals surface area contributed by atoms with Crippen LogP contribution in [0.4, 0.5) is 0 Å². The second-order valence-electron chi connectivity index (χ2n) is 5.63. The minimum absolute atomic E-state index is 0.569. The van der Waals surface area contributed by atoms with E-state index in [1.54, 1.807) is 0 Å². The second-order valence-corrected chi connectivity index (χ2v) is 6.06. The van der Waals surface area contributed by atoms with Crippen molar-refractivity contribution in [3.05, 3.63) is 65.3 Å². The van der Waals surface area contributed by atoms with Gasteiger partial charge in [0.1, 0.15) is 5.69 Å². The third kappa shape index (κ3) is 2.71. The Morgan fingerprint density at radius 3 is 2.55 bits per heavy atom. The number of hydrogen-bond acceptors (Lipinski definition) is 1. The molecule has 1 aliphatic rings. The highest BCUT2D eigenvalue weighted by molar-refractivity contribution is 6.30. The highest BCUT2D eigenvalue weighted by atomic mass is 35.5. The maximum absolute atomic E-state index is 5.97. The van der Waals surface area contributed by atoms with Crippen molar-refractivity contribution in [3.63, 3.8) is 0 Å². The molecule has 106 valence electrons. The molecule has 0 aliphatic heterocycles. The van der Waals surface area contributed by atoms with Gasteiger partial charge in [0.05, 0.1) is 5.69 Å². The molecule has 0 spiro atoms. The van der Waals surface area contributed by atoms with Crippen LogP contribution >= 0.6 is 11.6 Å². The fourth-order valence-electron chi connectivity index (χ4n) is 2.46. The number of aromatic nitrogens is 1. The Morgan fingerprint density at radius 1 is 1.00 bits per heavy atom. The fourth-order valence-corrected chi connectivity index (χ4v) is 2.59. The fraction of sp³-hybridized carbons (Fsp3) is 0.150. The minimum atomic E-state index is 0.569. The molecule has 1 heterocycles. The van der Waals surface area contributed by atoms with Gasteiger partial charge in [0.15, 0.2) is 0 Å². The number of fused-ring (bicyclic) bond motifs is 1. The third-order valence-corrected chi connectivity index (χ3v) is 4.10. The second kappa shape index (κ2) is 5.48. The first-order valence-corrected chi connectivity index (χ1v) is 7.85. The molecule has 1 nitrogen and oxygen atoms in total. The quantitative estimate of drug-likeness (QED) is 0.555. The van der Waals surface area contributed by atoms with E-state index in [4.69, 9.17) is 16.6 Å². The molecule has 1 fully saturated rings. The summed E-state index contributed by atoms with van der Waals surface area (Å²) in [5.41, 5.74) is 2.87. The summed E-state index contributed by atoms with van der Waals surface area (Å²) >= 11 is 5.97. The summed E-state index contributed by atoms with van der Waals surface area (Å²) in [7, 11) is 0. The highest BCUT2D eigenvalue weighted by Gasteiger charge is 2.18. The average molecular weight is 304 g/mol. The Bertz CT molecular complexity index is 896. The van der Waals surface area contributed by atoms with Crippen LogP contribution in [0.15, 0.2) is 54.6 Å². The Balaban J connectivity index is 1.89. The Hall–Kier alpha value is -2.30. The molecule has 1 aromatic heterocycles. The maximum atomic E-state index is 5.97. The van der Waals surface area contributed by atoms with E-state index in [1.807, 2.05) is 36.4 Å². The van der Waals surface area contributed by atoms with Gasteiger partial charge >= 0.3 is 0 Å². The molecule has 0 radical (unpaired) electrons. The van der Waals surface area contributed by atoms with Gasteiger partial charge < -0.3 is 0 Å². The number of rotatable bonds is 1. The first-order valence-electron chi connectivity index (χ1n) is 7.47. The largest absolute Gasteiger partial charge is 0.239 e. The van der Waals surface area contributed by atoms with Crippen molar-refractivity contribution in [2.45, 2.75) is 12.8 Å². The van der Waals surface area contributed by atoms with Crippen LogP contribution in [0.25, 0.3) is 22.0 Å². The molecule has 0 amide bonds. The zero-order chi connectivity index (χ0) is 14.9. The van der Waals surface area contributed by atoms with Crippen LogP contribution in [-0.2, 0) is 0 Å². The van der Waals surface area contributed by atoms with E-state index in [0.717, 1.165) is 27.4 Å². The molecule has 0 bridgehead atoms. The lowest BCUT2D eigenvalue weighted by molar-refractivity contribution is 1.18. The van der Waals surface area contributed by atoms with E-state index < -0.39 is 0 Å². The Morgan fingerprint density at radius 2 is 1.77 bits per heavy atom. The molecule has 22 heavy (non-hydrogen) atoms. The zero-order valence-electron chi connectivity index (χ0n) is 12.0. The van der Waals surface area contributed by atoms with Gasteiger partial charge in [0.2, 0.25) is 0 Å². The summed E-state index contributed by atoms with van der Waals surface area (Å²) in [6.07, 6.45) is 2.45. The number of halogens is 1. The van der Waals surface area contributed by atoms with Crippen LogP contribution in [0, 0.1) is 17.8 Å². The summed E-state index contributed by atoms with van der Waals surface area (Å²) in [6.45, 7) is 0. The standard InChI is InChI=1S/C20H14ClN/c21-17-10-8-15(9-11-17)20-13-16-3-1-2-4-18(16)19(22-20)12-7-14-5-6-14/h1-4,8-11,13-14H,5-6H2. The number of hydrogen-bond donors (Lipinski definition) is 0. The van der Waals surface area contributed by atoms with Crippen molar-refractivity contribution < 1.29 is 0 Å². The summed E-state index contributed by atoms with van der Waals surface area (Å²) in [6, 6.07) is 18.2. The maximum Gasteiger partial charge on any atom is 0.121 e. The monoisotopic (exact) mass is 303 g/mol. The lowest BCUT2D eigenvalue weighted by Crippen LogP contribution is -1.91. The summed E-state index contributed by atoms with van der Waals surface area (Å²) in [4.78, 5) is 4.78. The van der Waals surface area contributed by atoms with Crippen molar-refractivity contribution in [3.8, 4) is 23.1 Å². The number of benzene rings is 2. The van der Waals surface area contributed by atoms with Crippen molar-refractivity contribution in [2.75, 3.05) is 0 Å². The average Bonchev–Trinajstić information content (AvgIpc) is 3.37. The van der Waals surface area contributed by atoms with Gasteiger partial charge in [-0.3, -0.25) is 0 Å². The number of pyridine rings is 1. The van der Waals surface area contributed by atoms with Gasteiger partial charge in [0, 0.05) is 21.9 Å². The molecule has 0 unspecified atom stereocenters. The van der Waals surface area contributed by atoms with Gasteiger partial charge in [-0.1, -0.05) is 53.9 Å². The lowest BCUT2D eigenvalue weighted by Gasteiger charge is -2.06. The Labute approximate surface area is 135 Å². The molecule has 4 rings (SSSR count). The Kier molecular flexibility index (Phi) is 3.33. The van der Waals surface area contributed by atoms with Crippen LogP contribution in [0.1, 0.15) is 18.5 Å². The van der Waals surface area contributed by atoms with Crippen molar-refractivity contribution in [1.82, 2.24) is 4.98 Å². The molecule has 0 atom stereocenters. The summed E-state index contributed by atoms with van der Waals surface area (Å²) in [5.74, 6) is 7.17. The van der Waals surface area contributed by atoms with Crippen molar-refractivity contribution in [2.24, 2.45) is 5.92 Å².